The Morgan fingerprint density at radius 3 is 0.393 bits per heavy atom. The zero-order valence-corrected chi connectivity index (χ0v) is 21.3. The van der Waals surface area contributed by atoms with Crippen molar-refractivity contribution in [2.45, 2.75) is 76.2 Å². The van der Waals surface area contributed by atoms with Crippen LogP contribution in [0.3, 0.4) is 0 Å². The van der Waals surface area contributed by atoms with Gasteiger partial charge in [0.1, 0.15) is 0 Å². The molecule has 0 aromatic heterocycles. The lowest BCUT2D eigenvalue weighted by atomic mass is 10.8. The molecule has 0 bridgehead atoms. The monoisotopic (exact) mass is 416 g/mol. The maximum Gasteiger partial charge on any atom is 0.0437 e. The van der Waals surface area contributed by atoms with Crippen molar-refractivity contribution >= 4 is 0 Å². The van der Waals surface area contributed by atoms with Crippen molar-refractivity contribution in [3.05, 3.63) is 0 Å². The summed E-state index contributed by atoms with van der Waals surface area (Å²) < 4.78 is 24.2. The van der Waals surface area contributed by atoms with Gasteiger partial charge >= 0.3 is 0 Å². The summed E-state index contributed by atoms with van der Waals surface area (Å²) >= 11 is 0. The second-order valence-corrected chi connectivity index (χ2v) is 4.22. The molecule has 0 aromatic rings. The number of hydrogen-bond acceptors (Lipinski definition) is 6. The van der Waals surface area contributed by atoms with E-state index >= 15 is 0 Å². The van der Waals surface area contributed by atoms with Crippen LogP contribution >= 0.6 is 0 Å². The highest BCUT2D eigenvalue weighted by molar-refractivity contribution is 4.09. The van der Waals surface area contributed by atoms with Crippen molar-refractivity contribution in [1.29, 1.82) is 0 Å². The van der Waals surface area contributed by atoms with E-state index in [1.807, 2.05) is 69.2 Å². The van der Waals surface area contributed by atoms with Crippen LogP contribution in [0.2, 0.25) is 0 Å². The Bertz CT molecular complexity index is 104. The first-order chi connectivity index (χ1) is 13.5. The van der Waals surface area contributed by atoms with Crippen molar-refractivity contribution in [2.75, 3.05) is 72.7 Å². The predicted octanol–water partition coefficient (Wildman–Crippen LogP) is 5.21. The molecule has 0 radical (unpaired) electrons. The van der Waals surface area contributed by atoms with E-state index in [1.165, 1.54) is 0 Å². The third kappa shape index (κ3) is 166. The second-order valence-electron chi connectivity index (χ2n) is 4.22. The molecule has 0 aromatic carbocycles. The van der Waals surface area contributed by atoms with Gasteiger partial charge in [0.25, 0.3) is 0 Å². The third-order valence-electron chi connectivity index (χ3n) is 2.04. The van der Waals surface area contributed by atoms with E-state index in [0.717, 1.165) is 66.1 Å². The standard InChI is InChI=1S/5C4H10O.C2H6O/c5*1-3-5-4-2;1-2-3/h5*3-4H2,1-2H3;3H,2H2,1H3. The molecule has 0 rings (SSSR count). The number of aliphatic hydroxyl groups is 1. The first-order valence-electron chi connectivity index (χ1n) is 11.0. The second kappa shape index (κ2) is 71.5. The van der Waals surface area contributed by atoms with Crippen LogP contribution < -0.4 is 0 Å². The summed E-state index contributed by atoms with van der Waals surface area (Å²) in [4.78, 5) is 0. The van der Waals surface area contributed by atoms with Gasteiger partial charge in [0, 0.05) is 72.7 Å². The van der Waals surface area contributed by atoms with Gasteiger partial charge in [0.05, 0.1) is 0 Å². The SMILES string of the molecule is CCO.CCOCC.CCOCC.CCOCC.CCOCC.CCOCC. The maximum atomic E-state index is 7.57. The van der Waals surface area contributed by atoms with Gasteiger partial charge in [-0.25, -0.2) is 0 Å². The highest BCUT2D eigenvalue weighted by Gasteiger charge is 1.65. The minimum absolute atomic E-state index is 0.250. The van der Waals surface area contributed by atoms with Crippen molar-refractivity contribution in [2.24, 2.45) is 0 Å². The van der Waals surface area contributed by atoms with Crippen LogP contribution in [0.25, 0.3) is 0 Å². The fraction of sp³-hybridized carbons (Fsp3) is 1.00. The molecule has 0 saturated heterocycles. The minimum Gasteiger partial charge on any atom is -0.397 e. The topological polar surface area (TPSA) is 66.4 Å². The van der Waals surface area contributed by atoms with E-state index < -0.39 is 0 Å². The third-order valence-corrected chi connectivity index (χ3v) is 2.04. The molecule has 28 heavy (non-hydrogen) atoms. The molecule has 6 heteroatoms. The molecule has 0 saturated carbocycles. The van der Waals surface area contributed by atoms with Crippen LogP contribution in [-0.4, -0.2) is 77.8 Å². The molecular weight excluding hydrogens is 360 g/mol. The molecule has 0 aliphatic rings. The summed E-state index contributed by atoms with van der Waals surface area (Å²) in [6.07, 6.45) is 0. The Hall–Kier alpha value is -0.240. The molecule has 180 valence electrons. The Morgan fingerprint density at radius 2 is 0.393 bits per heavy atom. The van der Waals surface area contributed by atoms with Crippen molar-refractivity contribution in [3.8, 4) is 0 Å². The zero-order valence-electron chi connectivity index (χ0n) is 21.3. The average Bonchev–Trinajstić information content (AvgIpc) is 2.68. The molecule has 0 atom stereocenters. The van der Waals surface area contributed by atoms with E-state index in [4.69, 9.17) is 28.8 Å². The normalized spacial score (nSPS) is 8.14. The van der Waals surface area contributed by atoms with Gasteiger partial charge in [-0.2, -0.15) is 0 Å². The Kier molecular flexibility index (Phi) is 107. The van der Waals surface area contributed by atoms with Crippen LogP contribution in [0, 0.1) is 0 Å². The molecule has 6 nitrogen and oxygen atoms in total. The summed E-state index contributed by atoms with van der Waals surface area (Å²) in [5.74, 6) is 0. The molecule has 0 amide bonds. The zero-order chi connectivity index (χ0) is 23.3. The Balaban J connectivity index is -0.0000000522. The summed E-state index contributed by atoms with van der Waals surface area (Å²) in [5, 5.41) is 7.57. The van der Waals surface area contributed by atoms with E-state index in [0.29, 0.717) is 0 Å². The summed E-state index contributed by atoms with van der Waals surface area (Å²) in [6.45, 7) is 30.3. The van der Waals surface area contributed by atoms with E-state index in [2.05, 4.69) is 0 Å². The summed E-state index contributed by atoms with van der Waals surface area (Å²) in [5.41, 5.74) is 0. The molecule has 0 unspecified atom stereocenters. The average molecular weight is 417 g/mol. The van der Waals surface area contributed by atoms with E-state index in [9.17, 15) is 0 Å². The fourth-order valence-corrected chi connectivity index (χ4v) is 1.02. The number of ether oxygens (including phenoxy) is 5. The molecular formula is C22H56O6. The van der Waals surface area contributed by atoms with Gasteiger partial charge in [-0.15, -0.1) is 0 Å². The lowest BCUT2D eigenvalue weighted by Gasteiger charge is -1.86. The number of rotatable bonds is 10. The van der Waals surface area contributed by atoms with Crippen molar-refractivity contribution in [3.63, 3.8) is 0 Å². The largest absolute Gasteiger partial charge is 0.397 e. The van der Waals surface area contributed by atoms with Gasteiger partial charge in [-0.1, -0.05) is 0 Å². The molecule has 0 spiro atoms. The fourth-order valence-electron chi connectivity index (χ4n) is 1.02. The smallest absolute Gasteiger partial charge is 0.0437 e. The molecule has 1 N–H and O–H groups in total. The highest BCUT2D eigenvalue weighted by atomic mass is 16.5. The first kappa shape index (κ1) is 42.0. The van der Waals surface area contributed by atoms with E-state index in [1.54, 1.807) is 6.92 Å². The summed E-state index contributed by atoms with van der Waals surface area (Å²) in [6, 6.07) is 0. The molecule has 0 aliphatic carbocycles. The van der Waals surface area contributed by atoms with Crippen LogP contribution in [0.1, 0.15) is 76.2 Å². The minimum atomic E-state index is 0.250. The van der Waals surface area contributed by atoms with Gasteiger partial charge in [-0.3, -0.25) is 0 Å². The quantitative estimate of drug-likeness (QED) is 0.527. The van der Waals surface area contributed by atoms with Gasteiger partial charge < -0.3 is 28.8 Å². The van der Waals surface area contributed by atoms with Crippen molar-refractivity contribution in [1.82, 2.24) is 0 Å². The number of aliphatic hydroxyl groups excluding tert-OH is 1. The van der Waals surface area contributed by atoms with E-state index in [-0.39, 0.29) is 6.61 Å². The van der Waals surface area contributed by atoms with Crippen LogP contribution in [0.5, 0.6) is 0 Å². The lowest BCUT2D eigenvalue weighted by Crippen LogP contribution is -1.84. The summed E-state index contributed by atoms with van der Waals surface area (Å²) in [7, 11) is 0. The number of hydrogen-bond donors (Lipinski definition) is 1. The van der Waals surface area contributed by atoms with Crippen LogP contribution in [0.4, 0.5) is 0 Å². The molecule has 0 heterocycles. The lowest BCUT2D eigenvalue weighted by molar-refractivity contribution is 0.162. The van der Waals surface area contributed by atoms with Gasteiger partial charge in [0.15, 0.2) is 0 Å². The molecule has 0 fully saturated rings. The van der Waals surface area contributed by atoms with Gasteiger partial charge in [-0.05, 0) is 76.2 Å². The highest BCUT2D eigenvalue weighted by Crippen LogP contribution is 1.66. The predicted molar refractivity (Wildman–Crippen MR) is 124 cm³/mol. The van der Waals surface area contributed by atoms with Crippen LogP contribution in [-0.2, 0) is 23.7 Å². The Morgan fingerprint density at radius 1 is 0.321 bits per heavy atom. The van der Waals surface area contributed by atoms with Gasteiger partial charge in [0.2, 0.25) is 0 Å². The van der Waals surface area contributed by atoms with Crippen LogP contribution in [0.15, 0.2) is 0 Å². The Labute approximate surface area is 178 Å². The maximum absolute atomic E-state index is 7.57. The van der Waals surface area contributed by atoms with Crippen molar-refractivity contribution < 1.29 is 28.8 Å². The first-order valence-corrected chi connectivity index (χ1v) is 11.0. The molecule has 0 aliphatic heterocycles.